The maximum Gasteiger partial charge on any atom is 0.241 e. The molecule has 2 rings (SSSR count). The molecule has 0 bridgehead atoms. The molecule has 0 saturated carbocycles. The van der Waals surface area contributed by atoms with Crippen molar-refractivity contribution < 1.29 is 22.7 Å². The zero-order chi connectivity index (χ0) is 21.6. The molecule has 0 heterocycles. The second-order valence-electron chi connectivity index (χ2n) is 6.63. The van der Waals surface area contributed by atoms with Crippen LogP contribution in [-0.4, -0.2) is 46.9 Å². The monoisotopic (exact) mass is 440 g/mol. The summed E-state index contributed by atoms with van der Waals surface area (Å²) in [4.78, 5) is 12.5. The van der Waals surface area contributed by atoms with Crippen molar-refractivity contribution in [3.8, 4) is 11.5 Å². The Morgan fingerprint density at radius 2 is 1.90 bits per heavy atom. The molecule has 29 heavy (non-hydrogen) atoms. The van der Waals surface area contributed by atoms with Crippen molar-refractivity contribution in [1.82, 2.24) is 5.32 Å². The molecule has 0 aliphatic heterocycles. The summed E-state index contributed by atoms with van der Waals surface area (Å²) in [5, 5.41) is 3.08. The largest absolute Gasteiger partial charge is 0.495 e. The number of carbonyl (C=O) groups excluding carboxylic acids is 1. The van der Waals surface area contributed by atoms with Gasteiger partial charge in [0.2, 0.25) is 15.9 Å². The van der Waals surface area contributed by atoms with Gasteiger partial charge in [0.05, 0.1) is 25.1 Å². The van der Waals surface area contributed by atoms with Crippen molar-refractivity contribution in [3.05, 3.63) is 53.1 Å². The van der Waals surface area contributed by atoms with Gasteiger partial charge in [0.1, 0.15) is 24.7 Å². The van der Waals surface area contributed by atoms with E-state index in [-0.39, 0.29) is 18.3 Å². The van der Waals surface area contributed by atoms with Crippen molar-refractivity contribution in [3.63, 3.8) is 0 Å². The number of sulfonamides is 1. The highest BCUT2D eigenvalue weighted by molar-refractivity contribution is 7.92. The maximum atomic E-state index is 12.5. The third-order valence-electron chi connectivity index (χ3n) is 4.09. The summed E-state index contributed by atoms with van der Waals surface area (Å²) in [5.74, 6) is 0.553. The number of aryl methyl sites for hydroxylation is 1. The number of benzene rings is 2. The molecule has 0 aromatic heterocycles. The third-order valence-corrected chi connectivity index (χ3v) is 5.45. The molecule has 7 nitrogen and oxygen atoms in total. The van der Waals surface area contributed by atoms with Gasteiger partial charge in [0.25, 0.3) is 0 Å². The highest BCUT2D eigenvalue weighted by Crippen LogP contribution is 2.32. The third kappa shape index (κ3) is 6.54. The van der Waals surface area contributed by atoms with Gasteiger partial charge in [0.15, 0.2) is 0 Å². The van der Waals surface area contributed by atoms with Crippen LogP contribution in [-0.2, 0) is 14.8 Å². The normalized spacial score (nSPS) is 12.2. The van der Waals surface area contributed by atoms with Crippen LogP contribution in [0.1, 0.15) is 12.5 Å². The van der Waals surface area contributed by atoms with Crippen LogP contribution in [0.15, 0.2) is 42.5 Å². The van der Waals surface area contributed by atoms with Gasteiger partial charge in [-0.15, -0.1) is 0 Å². The van der Waals surface area contributed by atoms with Crippen molar-refractivity contribution in [1.29, 1.82) is 0 Å². The highest BCUT2D eigenvalue weighted by atomic mass is 35.5. The number of ether oxygens (including phenoxy) is 2. The second-order valence-corrected chi connectivity index (χ2v) is 8.97. The molecule has 0 aliphatic rings. The molecular formula is C20H25ClN2O5S. The summed E-state index contributed by atoms with van der Waals surface area (Å²) in [6.45, 7) is 3.54. The number of hydrogen-bond donors (Lipinski definition) is 1. The lowest BCUT2D eigenvalue weighted by atomic mass is 10.2. The Balaban J connectivity index is 2.07. The van der Waals surface area contributed by atoms with E-state index in [4.69, 9.17) is 21.1 Å². The minimum atomic E-state index is -3.76. The van der Waals surface area contributed by atoms with Gasteiger partial charge >= 0.3 is 0 Å². The molecule has 9 heteroatoms. The molecule has 0 saturated heterocycles. The molecule has 0 spiro atoms. The number of nitrogens with zero attached hydrogens (tertiary/aromatic N) is 1. The fourth-order valence-corrected chi connectivity index (χ4v) is 3.68. The number of methoxy groups -OCH3 is 1. The summed E-state index contributed by atoms with van der Waals surface area (Å²) < 4.78 is 36.5. The number of carbonyl (C=O) groups is 1. The first-order chi connectivity index (χ1) is 13.6. The molecule has 0 radical (unpaired) electrons. The fourth-order valence-electron chi connectivity index (χ4n) is 2.66. The SMILES string of the molecule is COc1ccc(Cl)cc1N(CC(=O)N[C@@H](C)COc1ccccc1C)S(C)(=O)=O. The van der Waals surface area contributed by atoms with Crippen LogP contribution in [0.2, 0.25) is 5.02 Å². The summed E-state index contributed by atoms with van der Waals surface area (Å²) in [7, 11) is -2.34. The lowest BCUT2D eigenvalue weighted by Gasteiger charge is -2.25. The number of hydrogen-bond acceptors (Lipinski definition) is 5. The molecule has 2 aromatic carbocycles. The van der Waals surface area contributed by atoms with Crippen molar-refractivity contribution >= 4 is 33.2 Å². The zero-order valence-corrected chi connectivity index (χ0v) is 18.4. The molecular weight excluding hydrogens is 416 g/mol. The molecule has 0 unspecified atom stereocenters. The van der Waals surface area contributed by atoms with E-state index in [1.54, 1.807) is 19.1 Å². The van der Waals surface area contributed by atoms with E-state index in [2.05, 4.69) is 5.32 Å². The Hall–Kier alpha value is -2.45. The number of para-hydroxylation sites is 1. The average molecular weight is 441 g/mol. The zero-order valence-electron chi connectivity index (χ0n) is 16.8. The van der Waals surface area contributed by atoms with Crippen LogP contribution in [0.25, 0.3) is 0 Å². The fraction of sp³-hybridized carbons (Fsp3) is 0.350. The first kappa shape index (κ1) is 22.8. The Morgan fingerprint density at radius 3 is 2.52 bits per heavy atom. The Morgan fingerprint density at radius 1 is 1.21 bits per heavy atom. The van der Waals surface area contributed by atoms with Gasteiger partial charge in [0, 0.05) is 5.02 Å². The number of amides is 1. The molecule has 1 atom stereocenters. The quantitative estimate of drug-likeness (QED) is 0.647. The summed E-state index contributed by atoms with van der Waals surface area (Å²) in [5.41, 5.74) is 1.18. The topological polar surface area (TPSA) is 84.9 Å². The first-order valence-electron chi connectivity index (χ1n) is 8.91. The number of halogens is 1. The summed E-state index contributed by atoms with van der Waals surface area (Å²) in [6.07, 6.45) is 1.02. The van der Waals surface area contributed by atoms with E-state index >= 15 is 0 Å². The van der Waals surface area contributed by atoms with Crippen LogP contribution in [0.3, 0.4) is 0 Å². The van der Waals surface area contributed by atoms with Crippen LogP contribution in [0.4, 0.5) is 5.69 Å². The number of rotatable bonds is 9. The van der Waals surface area contributed by atoms with E-state index in [9.17, 15) is 13.2 Å². The second kappa shape index (κ2) is 9.84. The minimum absolute atomic E-state index is 0.196. The summed E-state index contributed by atoms with van der Waals surface area (Å²) in [6, 6.07) is 11.8. The van der Waals surface area contributed by atoms with Gasteiger partial charge in [-0.05, 0) is 43.7 Å². The van der Waals surface area contributed by atoms with Gasteiger partial charge in [-0.25, -0.2) is 8.42 Å². The maximum absolute atomic E-state index is 12.5. The molecule has 0 fully saturated rings. The molecule has 158 valence electrons. The van der Waals surface area contributed by atoms with Crippen LogP contribution in [0, 0.1) is 6.92 Å². The van der Waals surface area contributed by atoms with E-state index in [1.165, 1.54) is 13.2 Å². The van der Waals surface area contributed by atoms with Crippen LogP contribution >= 0.6 is 11.6 Å². The van der Waals surface area contributed by atoms with Gasteiger partial charge in [-0.2, -0.15) is 0 Å². The molecule has 1 N–H and O–H groups in total. The van der Waals surface area contributed by atoms with Gasteiger partial charge < -0.3 is 14.8 Å². The van der Waals surface area contributed by atoms with Crippen molar-refractivity contribution in [2.45, 2.75) is 19.9 Å². The molecule has 0 aliphatic carbocycles. The highest BCUT2D eigenvalue weighted by Gasteiger charge is 2.25. The standard InChI is InChI=1S/C20H25ClN2O5S/c1-14-7-5-6-8-18(14)28-13-15(2)22-20(24)12-23(29(4,25)26)17-11-16(21)9-10-19(17)27-3/h5-11,15H,12-13H2,1-4H3,(H,22,24)/t15-/m0/s1. The Kier molecular flexibility index (Phi) is 7.75. The van der Waals surface area contributed by atoms with Crippen LogP contribution in [0.5, 0.6) is 11.5 Å². The number of anilines is 1. The molecule has 1 amide bonds. The number of nitrogens with one attached hydrogen (secondary N) is 1. The van der Waals surface area contributed by atoms with Crippen molar-refractivity contribution in [2.75, 3.05) is 30.8 Å². The minimum Gasteiger partial charge on any atom is -0.495 e. The lowest BCUT2D eigenvalue weighted by molar-refractivity contribution is -0.120. The van der Waals surface area contributed by atoms with E-state index < -0.39 is 22.5 Å². The van der Waals surface area contributed by atoms with E-state index in [1.807, 2.05) is 31.2 Å². The molecule has 2 aromatic rings. The average Bonchev–Trinajstić information content (AvgIpc) is 2.64. The smallest absolute Gasteiger partial charge is 0.241 e. The van der Waals surface area contributed by atoms with Crippen molar-refractivity contribution in [2.24, 2.45) is 0 Å². The van der Waals surface area contributed by atoms with Gasteiger partial charge in [-0.1, -0.05) is 29.8 Å². The van der Waals surface area contributed by atoms with E-state index in [0.29, 0.717) is 10.8 Å². The summed E-state index contributed by atoms with van der Waals surface area (Å²) >= 11 is 6.01. The Bertz CT molecular complexity index is 965. The van der Waals surface area contributed by atoms with E-state index in [0.717, 1.165) is 21.9 Å². The predicted molar refractivity (Wildman–Crippen MR) is 114 cm³/mol. The first-order valence-corrected chi connectivity index (χ1v) is 11.1. The predicted octanol–water partition coefficient (Wildman–Crippen LogP) is 3.01. The lowest BCUT2D eigenvalue weighted by Crippen LogP contribution is -2.45. The van der Waals surface area contributed by atoms with Crippen LogP contribution < -0.4 is 19.1 Å². The van der Waals surface area contributed by atoms with Gasteiger partial charge in [-0.3, -0.25) is 9.10 Å². The Labute approximate surface area is 176 Å².